The van der Waals surface area contributed by atoms with E-state index in [1.165, 1.54) is 12.1 Å². The normalized spacial score (nSPS) is 17.2. The fourth-order valence-electron chi connectivity index (χ4n) is 5.45. The molecule has 0 spiro atoms. The molecule has 13 heteroatoms. The first-order valence-corrected chi connectivity index (χ1v) is 17.1. The first-order valence-electron chi connectivity index (χ1n) is 17.1. The summed E-state index contributed by atoms with van der Waals surface area (Å²) in [4.78, 5) is 71.1. The Balaban J connectivity index is 1.66. The molecule has 0 saturated carbocycles. The smallest absolute Gasteiger partial charge is 0.408 e. The van der Waals surface area contributed by atoms with E-state index < -0.39 is 47.0 Å². The maximum atomic E-state index is 13.7. The number of hydrogen-bond acceptors (Lipinski definition) is 9. The number of aromatic nitrogens is 1. The fourth-order valence-corrected chi connectivity index (χ4v) is 5.45. The van der Waals surface area contributed by atoms with Gasteiger partial charge in [-0.25, -0.2) is 10.2 Å². The van der Waals surface area contributed by atoms with Crippen molar-refractivity contribution in [3.8, 4) is 0 Å². The average molecular weight is 695 g/mol. The van der Waals surface area contributed by atoms with Crippen LogP contribution in [0.1, 0.15) is 92.5 Å². The van der Waals surface area contributed by atoms with Gasteiger partial charge < -0.3 is 25.0 Å². The van der Waals surface area contributed by atoms with Crippen LogP contribution in [0.5, 0.6) is 0 Å². The number of likely N-dealkylation sites (N-methyl/N-ethyl adjacent to an activating group) is 1. The van der Waals surface area contributed by atoms with Gasteiger partial charge in [-0.2, -0.15) is 0 Å². The van der Waals surface area contributed by atoms with Crippen LogP contribution in [0, 0.1) is 11.3 Å². The van der Waals surface area contributed by atoms with Crippen LogP contribution in [0.25, 0.3) is 17.0 Å². The second-order valence-electron chi connectivity index (χ2n) is 14.8. The Bertz CT molecular complexity index is 1600. The maximum absolute atomic E-state index is 13.7. The van der Waals surface area contributed by atoms with Crippen molar-refractivity contribution in [1.82, 2.24) is 31.0 Å². The summed E-state index contributed by atoms with van der Waals surface area (Å²) in [5, 5.41) is 7.62. The molecule has 4 atom stereocenters. The van der Waals surface area contributed by atoms with Gasteiger partial charge in [-0.05, 0) is 84.9 Å². The number of pyridine rings is 1. The number of amides is 4. The number of carbonyl (C=O) groups excluding carboxylic acids is 5. The summed E-state index contributed by atoms with van der Waals surface area (Å²) >= 11 is 0. The molecular formula is C37H54N6O7. The number of rotatable bonds is 11. The molecule has 2 aromatic rings. The second kappa shape index (κ2) is 16.5. The first kappa shape index (κ1) is 39.9. The lowest BCUT2D eigenvalue weighted by atomic mass is 9.92. The Hall–Kier alpha value is -4.52. The van der Waals surface area contributed by atoms with Crippen LogP contribution in [-0.2, 0) is 28.7 Å². The van der Waals surface area contributed by atoms with E-state index in [4.69, 9.17) is 14.5 Å². The number of alkyl carbamates (subject to hydrolysis) is 1. The molecule has 0 aliphatic carbocycles. The van der Waals surface area contributed by atoms with Gasteiger partial charge in [0.25, 0.3) is 5.91 Å². The van der Waals surface area contributed by atoms with Gasteiger partial charge in [-0.3, -0.25) is 29.2 Å². The summed E-state index contributed by atoms with van der Waals surface area (Å²) in [7, 11) is 3.08. The predicted molar refractivity (Wildman–Crippen MR) is 191 cm³/mol. The third-order valence-electron chi connectivity index (χ3n) is 8.60. The standard InChI is InChI=1S/C37H54N6O7/c1-22(2)30(40-35(48)50-36(5,6)7)31(44)38-23(3)32(45)43-20-12-13-28(41-43)33(46)42(10)24(4)27-17-16-26-15-14-25(21-29(26)39-27)18-19-37(8,9)34(47)49-11/h14-19,21-24,28,30,41H,12-13,20H2,1-11H3,(H,38,44)(H,40,48)/t23?,24-,28?,30?/m1/s1. The SMILES string of the molecule is COC(=O)C(C)(C)C=Cc1ccc2ccc([C@@H](C)N(C)C(=O)C3CCCN(C(=O)C(C)NC(=O)C(NC(=O)OC(C)(C)C)C(C)C)N3)nc2c1. The number of nitrogens with zero attached hydrogens (tertiary/aromatic N) is 3. The van der Waals surface area contributed by atoms with E-state index in [0.29, 0.717) is 25.1 Å². The molecule has 1 aromatic heterocycles. The number of esters is 1. The van der Waals surface area contributed by atoms with Gasteiger partial charge in [0.1, 0.15) is 23.7 Å². The van der Waals surface area contributed by atoms with Crippen LogP contribution < -0.4 is 16.1 Å². The molecule has 1 aliphatic heterocycles. The molecule has 4 amide bonds. The zero-order valence-corrected chi connectivity index (χ0v) is 31.2. The van der Waals surface area contributed by atoms with E-state index in [2.05, 4.69) is 16.1 Å². The summed E-state index contributed by atoms with van der Waals surface area (Å²) in [5.41, 5.74) is 3.87. The number of benzene rings is 1. The minimum absolute atomic E-state index is 0.197. The monoisotopic (exact) mass is 694 g/mol. The maximum Gasteiger partial charge on any atom is 0.408 e. The second-order valence-corrected chi connectivity index (χ2v) is 14.8. The lowest BCUT2D eigenvalue weighted by Crippen LogP contribution is -2.62. The van der Waals surface area contributed by atoms with Gasteiger partial charge in [-0.1, -0.05) is 44.2 Å². The minimum atomic E-state index is -0.921. The minimum Gasteiger partial charge on any atom is -0.468 e. The molecule has 1 aromatic carbocycles. The summed E-state index contributed by atoms with van der Waals surface area (Å²) in [6, 6.07) is 6.82. The Morgan fingerprint density at radius 2 is 1.68 bits per heavy atom. The van der Waals surface area contributed by atoms with Crippen LogP contribution in [0.15, 0.2) is 36.4 Å². The molecule has 0 bridgehead atoms. The summed E-state index contributed by atoms with van der Waals surface area (Å²) in [6.45, 7) is 16.2. The Kier molecular flexibility index (Phi) is 13.1. The van der Waals surface area contributed by atoms with Crippen molar-refractivity contribution in [3.63, 3.8) is 0 Å². The molecule has 1 saturated heterocycles. The van der Waals surface area contributed by atoms with Crippen molar-refractivity contribution in [1.29, 1.82) is 0 Å². The van der Waals surface area contributed by atoms with Crippen molar-refractivity contribution in [2.45, 2.75) is 105 Å². The highest BCUT2D eigenvalue weighted by atomic mass is 16.6. The number of carbonyl (C=O) groups is 5. The molecule has 1 fully saturated rings. The Labute approximate surface area is 295 Å². The molecule has 13 nitrogen and oxygen atoms in total. The molecule has 3 N–H and O–H groups in total. The van der Waals surface area contributed by atoms with E-state index in [1.54, 1.807) is 73.4 Å². The topological polar surface area (TPSA) is 159 Å². The average Bonchev–Trinajstić information content (AvgIpc) is 3.06. The molecule has 274 valence electrons. The number of nitrogens with one attached hydrogen (secondary N) is 3. The highest BCUT2D eigenvalue weighted by Crippen LogP contribution is 2.25. The third kappa shape index (κ3) is 10.5. The Morgan fingerprint density at radius 3 is 2.30 bits per heavy atom. The highest BCUT2D eigenvalue weighted by molar-refractivity contribution is 5.91. The number of ether oxygens (including phenoxy) is 2. The van der Waals surface area contributed by atoms with E-state index >= 15 is 0 Å². The molecule has 3 rings (SSSR count). The molecule has 1 aliphatic rings. The molecular weight excluding hydrogens is 640 g/mol. The zero-order chi connectivity index (χ0) is 37.6. The van der Waals surface area contributed by atoms with Crippen molar-refractivity contribution in [3.05, 3.63) is 47.7 Å². The van der Waals surface area contributed by atoms with Gasteiger partial charge in [-0.15, -0.1) is 0 Å². The van der Waals surface area contributed by atoms with E-state index in [9.17, 15) is 24.0 Å². The van der Waals surface area contributed by atoms with Gasteiger partial charge in [0.05, 0.1) is 29.8 Å². The lowest BCUT2D eigenvalue weighted by molar-refractivity contribution is -0.148. The van der Waals surface area contributed by atoms with Crippen LogP contribution in [0.3, 0.4) is 0 Å². The van der Waals surface area contributed by atoms with Crippen molar-refractivity contribution < 1.29 is 33.4 Å². The first-order chi connectivity index (χ1) is 23.2. The largest absolute Gasteiger partial charge is 0.468 e. The number of hydrazine groups is 1. The van der Waals surface area contributed by atoms with Crippen LogP contribution in [0.2, 0.25) is 0 Å². The van der Waals surface area contributed by atoms with Gasteiger partial charge in [0, 0.05) is 19.0 Å². The van der Waals surface area contributed by atoms with Crippen LogP contribution in [0.4, 0.5) is 4.79 Å². The third-order valence-corrected chi connectivity index (χ3v) is 8.60. The van der Waals surface area contributed by atoms with Crippen LogP contribution in [-0.4, -0.2) is 89.1 Å². The number of fused-ring (bicyclic) bond motifs is 1. The van der Waals surface area contributed by atoms with Gasteiger partial charge in [0.15, 0.2) is 0 Å². The van der Waals surface area contributed by atoms with E-state index in [1.807, 2.05) is 43.3 Å². The highest BCUT2D eigenvalue weighted by Gasteiger charge is 2.35. The number of hydrogen-bond donors (Lipinski definition) is 3. The fraction of sp³-hybridized carbons (Fsp3) is 0.568. The van der Waals surface area contributed by atoms with Crippen molar-refractivity contribution in [2.24, 2.45) is 11.3 Å². The van der Waals surface area contributed by atoms with Gasteiger partial charge >= 0.3 is 12.1 Å². The van der Waals surface area contributed by atoms with Crippen LogP contribution >= 0.6 is 0 Å². The Morgan fingerprint density at radius 1 is 1.02 bits per heavy atom. The summed E-state index contributed by atoms with van der Waals surface area (Å²) < 4.78 is 10.2. The summed E-state index contributed by atoms with van der Waals surface area (Å²) in [6.07, 6.45) is 4.05. The predicted octanol–water partition coefficient (Wildman–Crippen LogP) is 4.52. The van der Waals surface area contributed by atoms with E-state index in [-0.39, 0.29) is 23.8 Å². The van der Waals surface area contributed by atoms with E-state index in [0.717, 1.165) is 16.5 Å². The molecule has 3 unspecified atom stereocenters. The van der Waals surface area contributed by atoms with Crippen molar-refractivity contribution in [2.75, 3.05) is 20.7 Å². The van der Waals surface area contributed by atoms with Gasteiger partial charge in [0.2, 0.25) is 11.8 Å². The quantitative estimate of drug-likeness (QED) is 0.288. The molecule has 0 radical (unpaired) electrons. The zero-order valence-electron chi connectivity index (χ0n) is 31.2. The molecule has 50 heavy (non-hydrogen) atoms. The molecule has 2 heterocycles. The number of methoxy groups -OCH3 is 1. The summed E-state index contributed by atoms with van der Waals surface area (Å²) in [5.74, 6) is -1.71. The van der Waals surface area contributed by atoms with Crippen molar-refractivity contribution >= 4 is 46.8 Å². The lowest BCUT2D eigenvalue weighted by Gasteiger charge is -2.37.